The molecule has 1 N–H and O–H groups in total. The molecule has 0 radical (unpaired) electrons. The predicted octanol–water partition coefficient (Wildman–Crippen LogP) is 3.78. The highest BCUT2D eigenvalue weighted by molar-refractivity contribution is 5.91. The number of hydrogen-bond acceptors (Lipinski definition) is 4. The molecule has 1 atom stereocenters. The summed E-state index contributed by atoms with van der Waals surface area (Å²) in [6, 6.07) is 11.7. The van der Waals surface area contributed by atoms with Gasteiger partial charge in [0, 0.05) is 17.0 Å². The topological polar surface area (TPSA) is 55.5 Å². The van der Waals surface area contributed by atoms with Crippen LogP contribution < -0.4 is 4.74 Å². The van der Waals surface area contributed by atoms with Crippen molar-refractivity contribution in [3.05, 3.63) is 48.3 Å². The minimum absolute atomic E-state index is 0.241. The highest BCUT2D eigenvalue weighted by Gasteiger charge is 2.12. The number of aliphatic hydroxyl groups excluding tert-OH is 1. The molecule has 0 fully saturated rings. The van der Waals surface area contributed by atoms with Crippen LogP contribution in [0.15, 0.2) is 47.0 Å². The highest BCUT2D eigenvalue weighted by Crippen LogP contribution is 2.30. The van der Waals surface area contributed by atoms with Crippen molar-refractivity contribution in [1.29, 1.82) is 0 Å². The van der Waals surface area contributed by atoms with Crippen molar-refractivity contribution in [2.75, 3.05) is 6.61 Å². The summed E-state index contributed by atoms with van der Waals surface area (Å²) >= 11 is 0. The van der Waals surface area contributed by atoms with Gasteiger partial charge in [0.2, 0.25) is 0 Å². The zero-order chi connectivity index (χ0) is 15.5. The van der Waals surface area contributed by atoms with Crippen LogP contribution in [0.25, 0.3) is 22.2 Å². The van der Waals surface area contributed by atoms with E-state index < -0.39 is 6.10 Å². The van der Waals surface area contributed by atoms with Gasteiger partial charge in [-0.1, -0.05) is 24.2 Å². The zero-order valence-corrected chi connectivity index (χ0v) is 12.1. The average Bonchev–Trinajstić information content (AvgIpc) is 2.95. The summed E-state index contributed by atoms with van der Waals surface area (Å²) in [4.78, 5) is 0. The number of aromatic nitrogens is 1. The summed E-state index contributed by atoms with van der Waals surface area (Å²) in [6.07, 6.45) is 0.152. The summed E-state index contributed by atoms with van der Waals surface area (Å²) in [5, 5.41) is 14.3. The number of benzene rings is 2. The van der Waals surface area contributed by atoms with Gasteiger partial charge in [0.25, 0.3) is 0 Å². The summed E-state index contributed by atoms with van der Waals surface area (Å²) in [7, 11) is 0. The summed E-state index contributed by atoms with van der Waals surface area (Å²) in [5.41, 5.74) is 1.85. The molecule has 2 aromatic carbocycles. The predicted molar refractivity (Wildman–Crippen MR) is 81.2 cm³/mol. The van der Waals surface area contributed by atoms with Gasteiger partial charge in [-0.2, -0.15) is 0 Å². The molecule has 0 amide bonds. The monoisotopic (exact) mass is 301 g/mol. The Labute approximate surface area is 127 Å². The number of hydrogen-bond donors (Lipinski definition) is 1. The van der Waals surface area contributed by atoms with Gasteiger partial charge < -0.3 is 14.4 Å². The standard InChI is InChI=1S/C17H16FNO3/c1-2-13(20)10-21-14-5-3-4-11(8-14)17-15-7-6-12(18)9-16(15)22-19-17/h3-9,13,20H,2,10H2,1H3. The third-order valence-electron chi connectivity index (χ3n) is 3.46. The Morgan fingerprint density at radius 1 is 1.27 bits per heavy atom. The first-order valence-electron chi connectivity index (χ1n) is 7.13. The van der Waals surface area contributed by atoms with Crippen LogP contribution in [0.4, 0.5) is 4.39 Å². The van der Waals surface area contributed by atoms with Crippen molar-refractivity contribution < 1.29 is 18.8 Å². The van der Waals surface area contributed by atoms with Crippen LogP contribution in [0.5, 0.6) is 5.75 Å². The first-order chi connectivity index (χ1) is 10.7. The largest absolute Gasteiger partial charge is 0.491 e. The van der Waals surface area contributed by atoms with E-state index in [1.165, 1.54) is 12.1 Å². The summed E-state index contributed by atoms with van der Waals surface area (Å²) in [6.45, 7) is 2.13. The molecular weight excluding hydrogens is 285 g/mol. The van der Waals surface area contributed by atoms with E-state index in [1.54, 1.807) is 6.07 Å². The van der Waals surface area contributed by atoms with E-state index in [2.05, 4.69) is 5.16 Å². The van der Waals surface area contributed by atoms with E-state index in [-0.39, 0.29) is 12.4 Å². The molecule has 1 heterocycles. The van der Waals surface area contributed by atoms with Gasteiger partial charge in [0.15, 0.2) is 5.58 Å². The lowest BCUT2D eigenvalue weighted by molar-refractivity contribution is 0.104. The van der Waals surface area contributed by atoms with E-state index in [0.717, 1.165) is 10.9 Å². The first-order valence-corrected chi connectivity index (χ1v) is 7.13. The van der Waals surface area contributed by atoms with E-state index in [4.69, 9.17) is 9.26 Å². The van der Waals surface area contributed by atoms with Gasteiger partial charge in [0.05, 0.1) is 6.10 Å². The van der Waals surface area contributed by atoms with E-state index >= 15 is 0 Å². The Morgan fingerprint density at radius 2 is 2.14 bits per heavy atom. The third kappa shape index (κ3) is 2.94. The second-order valence-electron chi connectivity index (χ2n) is 5.07. The molecule has 4 nitrogen and oxygen atoms in total. The van der Waals surface area contributed by atoms with Gasteiger partial charge >= 0.3 is 0 Å². The minimum Gasteiger partial charge on any atom is -0.491 e. The number of nitrogens with zero attached hydrogens (tertiary/aromatic N) is 1. The van der Waals surface area contributed by atoms with Gasteiger partial charge in [-0.25, -0.2) is 4.39 Å². The Bertz CT molecular complexity index is 784. The molecule has 5 heteroatoms. The number of rotatable bonds is 5. The van der Waals surface area contributed by atoms with Crippen molar-refractivity contribution in [2.24, 2.45) is 0 Å². The maximum atomic E-state index is 13.2. The van der Waals surface area contributed by atoms with Crippen LogP contribution in [0.2, 0.25) is 0 Å². The number of aliphatic hydroxyl groups is 1. The maximum Gasteiger partial charge on any atom is 0.170 e. The molecule has 3 aromatic rings. The molecule has 1 aromatic heterocycles. The molecule has 0 aliphatic heterocycles. The fourth-order valence-electron chi connectivity index (χ4n) is 2.16. The second kappa shape index (κ2) is 6.15. The van der Waals surface area contributed by atoms with Gasteiger partial charge in [-0.3, -0.25) is 0 Å². The van der Waals surface area contributed by atoms with Crippen LogP contribution in [0.3, 0.4) is 0 Å². The lowest BCUT2D eigenvalue weighted by Gasteiger charge is -2.10. The van der Waals surface area contributed by atoms with Crippen molar-refractivity contribution in [3.8, 4) is 17.0 Å². The van der Waals surface area contributed by atoms with Crippen LogP contribution in [0.1, 0.15) is 13.3 Å². The molecule has 0 aliphatic rings. The third-order valence-corrected chi connectivity index (χ3v) is 3.46. The Kier molecular flexibility index (Phi) is 4.06. The fourth-order valence-corrected chi connectivity index (χ4v) is 2.16. The Morgan fingerprint density at radius 3 is 2.95 bits per heavy atom. The number of fused-ring (bicyclic) bond motifs is 1. The summed E-state index contributed by atoms with van der Waals surface area (Å²) < 4.78 is 23.9. The van der Waals surface area contributed by atoms with Gasteiger partial charge in [-0.15, -0.1) is 0 Å². The summed E-state index contributed by atoms with van der Waals surface area (Å²) in [5.74, 6) is 0.282. The molecular formula is C17H16FNO3. The fraction of sp³-hybridized carbons (Fsp3) is 0.235. The SMILES string of the molecule is CCC(O)COc1cccc(-c2noc3cc(F)ccc23)c1. The average molecular weight is 301 g/mol. The Hall–Kier alpha value is -2.40. The molecule has 1 unspecified atom stereocenters. The van der Waals surface area contributed by atoms with Crippen molar-refractivity contribution in [1.82, 2.24) is 5.16 Å². The second-order valence-corrected chi connectivity index (χ2v) is 5.07. The van der Waals surface area contributed by atoms with E-state index in [1.807, 2.05) is 31.2 Å². The van der Waals surface area contributed by atoms with Crippen LogP contribution in [-0.4, -0.2) is 23.0 Å². The molecule has 0 spiro atoms. The van der Waals surface area contributed by atoms with Crippen molar-refractivity contribution >= 4 is 11.0 Å². The number of ether oxygens (including phenoxy) is 1. The van der Waals surface area contributed by atoms with Crippen LogP contribution in [-0.2, 0) is 0 Å². The van der Waals surface area contributed by atoms with E-state index in [0.29, 0.717) is 23.4 Å². The van der Waals surface area contributed by atoms with Gasteiger partial charge in [-0.05, 0) is 30.7 Å². The normalized spacial score (nSPS) is 12.5. The molecule has 0 saturated heterocycles. The molecule has 114 valence electrons. The van der Waals surface area contributed by atoms with E-state index in [9.17, 15) is 9.50 Å². The maximum absolute atomic E-state index is 13.2. The highest BCUT2D eigenvalue weighted by atomic mass is 19.1. The minimum atomic E-state index is -0.487. The molecule has 0 aliphatic carbocycles. The molecule has 0 saturated carbocycles. The lowest BCUT2D eigenvalue weighted by Crippen LogP contribution is -2.15. The van der Waals surface area contributed by atoms with Gasteiger partial charge in [0.1, 0.15) is 23.9 Å². The quantitative estimate of drug-likeness (QED) is 0.779. The van der Waals surface area contributed by atoms with Crippen molar-refractivity contribution in [3.63, 3.8) is 0 Å². The first kappa shape index (κ1) is 14.5. The van der Waals surface area contributed by atoms with Crippen molar-refractivity contribution in [2.45, 2.75) is 19.4 Å². The molecule has 3 rings (SSSR count). The Balaban J connectivity index is 1.90. The molecule has 0 bridgehead atoms. The zero-order valence-electron chi connectivity index (χ0n) is 12.1. The molecule has 22 heavy (non-hydrogen) atoms. The number of halogens is 1. The van der Waals surface area contributed by atoms with Crippen LogP contribution in [0, 0.1) is 5.82 Å². The lowest BCUT2D eigenvalue weighted by atomic mass is 10.1. The van der Waals surface area contributed by atoms with Crippen LogP contribution >= 0.6 is 0 Å². The smallest absolute Gasteiger partial charge is 0.170 e.